The van der Waals surface area contributed by atoms with Crippen molar-refractivity contribution >= 4 is 79.8 Å². The second-order valence-corrected chi connectivity index (χ2v) is 29.5. The molecule has 37 heteroatoms. The van der Waals surface area contributed by atoms with Crippen molar-refractivity contribution in [2.24, 2.45) is 11.7 Å². The third kappa shape index (κ3) is 16.3. The number of pyridine rings is 1. The van der Waals surface area contributed by atoms with Gasteiger partial charge in [-0.25, -0.2) is 40.0 Å². The summed E-state index contributed by atoms with van der Waals surface area (Å²) < 4.78 is 220. The van der Waals surface area contributed by atoms with Gasteiger partial charge in [-0.05, 0) is 98.5 Å². The Bertz CT molecular complexity index is 4470. The first-order valence-electron chi connectivity index (χ1n) is 27.6. The van der Waals surface area contributed by atoms with Crippen LogP contribution in [0, 0.1) is 36.3 Å². The minimum Gasteiger partial charge on any atom is -0.480 e. The number of fused-ring (bicyclic) bond motifs is 4. The highest BCUT2D eigenvalue weighted by atomic mass is 35.5. The number of carboxylic acids is 1. The van der Waals surface area contributed by atoms with Crippen LogP contribution in [0.2, 0.25) is 5.02 Å². The lowest BCUT2D eigenvalue weighted by molar-refractivity contribution is -0.143. The topological polar surface area (TPSA) is 351 Å². The predicted octanol–water partition coefficient (Wildman–Crippen LogP) is 7.37. The van der Waals surface area contributed by atoms with Gasteiger partial charge in [-0.3, -0.25) is 43.1 Å². The fourth-order valence-corrected chi connectivity index (χ4v) is 13.1. The van der Waals surface area contributed by atoms with Crippen LogP contribution in [0.25, 0.3) is 22.0 Å². The molecular formula is C57H55ClF10N9O14PS2. The van der Waals surface area contributed by atoms with Crippen LogP contribution in [0.5, 0.6) is 5.75 Å². The van der Waals surface area contributed by atoms with Crippen LogP contribution >= 0.6 is 19.4 Å². The fraction of sp³-hybridized carbons (Fsp3) is 0.404. The average Bonchev–Trinajstić information content (AvgIpc) is 1.52. The van der Waals surface area contributed by atoms with E-state index in [0.717, 1.165) is 48.7 Å². The van der Waals surface area contributed by atoms with Crippen LogP contribution in [0.3, 0.4) is 0 Å². The summed E-state index contributed by atoms with van der Waals surface area (Å²) >= 11 is 6.71. The normalized spacial score (nSPS) is 16.3. The molecule has 2 aliphatic rings. The van der Waals surface area contributed by atoms with Gasteiger partial charge in [0.1, 0.15) is 58.4 Å². The Hall–Kier alpha value is -8.16. The molecule has 1 fully saturated rings. The number of carboxylic acid groups (broad SMARTS) is 1. The highest BCUT2D eigenvalue weighted by molar-refractivity contribution is 7.92. The summed E-state index contributed by atoms with van der Waals surface area (Å²) in [6, 6.07) is 4.96. The lowest BCUT2D eigenvalue weighted by atomic mass is 9.77. The number of hydrogen-bond acceptors (Lipinski definition) is 14. The Kier molecular flexibility index (Phi) is 19.5. The number of nitrogens with two attached hydrogens (primary N) is 1. The zero-order chi connectivity index (χ0) is 70.1. The average molecular weight is 1410 g/mol. The number of nitrogens with one attached hydrogen (secondary N) is 3. The molecule has 0 spiro atoms. The van der Waals surface area contributed by atoms with Crippen molar-refractivity contribution in [2.45, 2.75) is 132 Å². The molecule has 3 heterocycles. The summed E-state index contributed by atoms with van der Waals surface area (Å²) in [7, 11) is -14.7. The zero-order valence-electron chi connectivity index (χ0n) is 49.7. The maximum Gasteiger partial charge on any atom is 0.524 e. The summed E-state index contributed by atoms with van der Waals surface area (Å²) in [5.74, 6) is -12.8. The lowest BCUT2D eigenvalue weighted by Crippen LogP contribution is -2.44. The van der Waals surface area contributed by atoms with Gasteiger partial charge in [-0.1, -0.05) is 43.5 Å². The highest BCUT2D eigenvalue weighted by Gasteiger charge is 2.68. The molecule has 0 aliphatic heterocycles. The van der Waals surface area contributed by atoms with Gasteiger partial charge in [-0.15, -0.1) is 0 Å². The molecule has 4 atom stereocenters. The summed E-state index contributed by atoms with van der Waals surface area (Å²) in [6.07, 6.45) is -13.4. The summed E-state index contributed by atoms with van der Waals surface area (Å²) in [4.78, 5) is 89.3. The van der Waals surface area contributed by atoms with E-state index >= 15 is 8.78 Å². The maximum atomic E-state index is 15.7. The molecule has 4 amide bonds. The molecule has 2 aliphatic carbocycles. The van der Waals surface area contributed by atoms with Gasteiger partial charge in [0.2, 0.25) is 33.7 Å². The number of alkyl halides is 8. The Morgan fingerprint density at radius 2 is 1.53 bits per heavy atom. The molecule has 8 rings (SSSR count). The van der Waals surface area contributed by atoms with Crippen LogP contribution in [-0.2, 0) is 97.6 Å². The summed E-state index contributed by atoms with van der Waals surface area (Å²) in [5.41, 5.74) is -4.09. The summed E-state index contributed by atoms with van der Waals surface area (Å²) in [5, 5.41) is 20.4. The van der Waals surface area contributed by atoms with E-state index in [2.05, 4.69) is 37.7 Å². The van der Waals surface area contributed by atoms with Gasteiger partial charge in [0.25, 0.3) is 5.92 Å². The Balaban J connectivity index is 1.23. The first-order chi connectivity index (χ1) is 43.0. The van der Waals surface area contributed by atoms with Crippen LogP contribution in [0.15, 0.2) is 54.6 Å². The Morgan fingerprint density at radius 3 is 2.12 bits per heavy atom. The van der Waals surface area contributed by atoms with Gasteiger partial charge >= 0.3 is 26.1 Å². The molecule has 0 radical (unpaired) electrons. The van der Waals surface area contributed by atoms with E-state index in [9.17, 15) is 95.4 Å². The molecule has 506 valence electrons. The number of aryl methyl sites for hydroxylation is 1. The second kappa shape index (κ2) is 25.5. The van der Waals surface area contributed by atoms with Crippen molar-refractivity contribution in [1.82, 2.24) is 39.9 Å². The maximum absolute atomic E-state index is 15.7. The number of benzene rings is 3. The van der Waals surface area contributed by atoms with E-state index in [4.69, 9.17) is 21.9 Å². The summed E-state index contributed by atoms with van der Waals surface area (Å²) in [6.45, 7) is 2.88. The number of primary amides is 1. The largest absolute Gasteiger partial charge is 0.524 e. The van der Waals surface area contributed by atoms with E-state index in [1.54, 1.807) is 4.72 Å². The Labute approximate surface area is 532 Å². The number of phosphoric ester groups is 1. The van der Waals surface area contributed by atoms with Crippen molar-refractivity contribution < 1.29 is 109 Å². The van der Waals surface area contributed by atoms with E-state index in [-0.39, 0.29) is 49.3 Å². The number of carbonyl (C=O) groups is 5. The number of phosphoric acid groups is 1. The van der Waals surface area contributed by atoms with Gasteiger partial charge < -0.3 is 26.0 Å². The molecule has 3 aromatic heterocycles. The zero-order valence-corrected chi connectivity index (χ0v) is 53.0. The minimum atomic E-state index is -5.48. The van der Waals surface area contributed by atoms with Crippen molar-refractivity contribution in [2.75, 3.05) is 6.26 Å². The van der Waals surface area contributed by atoms with E-state index in [0.29, 0.717) is 6.07 Å². The van der Waals surface area contributed by atoms with E-state index < -0.39 is 221 Å². The van der Waals surface area contributed by atoms with Crippen molar-refractivity contribution in [3.8, 4) is 28.7 Å². The third-order valence-electron chi connectivity index (χ3n) is 15.2. The SMILES string of the molecule is Cc1cc(CC(=O)N[C@@H](CC(N)=O)C(=O)O)c(C(C)(C)CC(=O)NS(=O)(=O)Cc2nn(CC(F)(F)F)c3c(-c4ccc(C#CC(C)(C)S(C)(=O)=O)nc4[C@H](Cc4cc(F)cc(F)c4)NC(=O)Cn4nc(C(F)(F)F)c5c4C(F)(F)[C@@H]4C[C@H]54)ccc(Cl)c23)c(OP(=O)(O)O)c1. The van der Waals surface area contributed by atoms with Crippen molar-refractivity contribution in [1.29, 1.82) is 0 Å². The number of hydrogen-bond donors (Lipinski definition) is 7. The number of nitrogens with zero attached hydrogens (tertiary/aromatic N) is 5. The molecule has 0 bridgehead atoms. The van der Waals surface area contributed by atoms with Gasteiger partial charge in [0.05, 0.1) is 40.8 Å². The first kappa shape index (κ1) is 71.7. The number of carbonyl (C=O) groups excluding carboxylic acids is 4. The monoisotopic (exact) mass is 1410 g/mol. The predicted molar refractivity (Wildman–Crippen MR) is 312 cm³/mol. The molecule has 1 saturated carbocycles. The standard InChI is InChI=1S/C57H55ClF10N9O14PS2/c1-26-13-28(18-42(79)72-38(52(82)83)21-41(69)78)47(40(14-26)91-92(84,85)86)53(2,3)22-43(80)75-94(89,90)24-39-46-36(58)10-9-33(49(46)77(73-39)25-55(61,62)63)32-8-7-31(11-12-54(4,5)93(6,87)88)70-48(32)37(17-27-15-29(59)19-30(60)16-27)71-44(81)23-76-51-45(50(74-76)57(66,67)68)34-20-35(34)56(51,64)65/h7-10,13-16,19,34-35,37-38H,17-18,20-25H2,1-6H3,(H2,69,78)(H,71,81)(H,72,79)(H,75,80)(H,82,83)(H2,84,85,86)/t34-,35+,37-,38-/m0/s1. The van der Waals surface area contributed by atoms with E-state index in [1.165, 1.54) is 40.7 Å². The van der Waals surface area contributed by atoms with E-state index in [1.807, 2.05) is 0 Å². The van der Waals surface area contributed by atoms with Gasteiger partial charge in [-0.2, -0.15) is 45.3 Å². The van der Waals surface area contributed by atoms with Crippen LogP contribution in [0.4, 0.5) is 43.9 Å². The fourth-order valence-electron chi connectivity index (χ4n) is 11.1. The van der Waals surface area contributed by atoms with Crippen LogP contribution < -0.4 is 25.6 Å². The number of halogens is 11. The first-order valence-corrected chi connectivity index (χ1v) is 33.0. The number of aliphatic carboxylic acids is 1. The molecule has 8 N–H and O–H groups in total. The van der Waals surface area contributed by atoms with Crippen molar-refractivity contribution in [3.63, 3.8) is 0 Å². The Morgan fingerprint density at radius 1 is 0.894 bits per heavy atom. The quantitative estimate of drug-likeness (QED) is 0.0187. The molecule has 3 aromatic carbocycles. The highest BCUT2D eigenvalue weighted by Crippen LogP contribution is 2.68. The molecular weight excluding hydrogens is 1360 g/mol. The van der Waals surface area contributed by atoms with Gasteiger partial charge in [0.15, 0.2) is 15.5 Å². The number of rotatable bonds is 23. The number of sulfone groups is 1. The molecule has 94 heavy (non-hydrogen) atoms. The number of amides is 4. The smallest absolute Gasteiger partial charge is 0.480 e. The number of aromatic nitrogens is 5. The van der Waals surface area contributed by atoms with Crippen LogP contribution in [0.1, 0.15) is 115 Å². The van der Waals surface area contributed by atoms with Crippen molar-refractivity contribution in [3.05, 3.63) is 128 Å². The lowest BCUT2D eigenvalue weighted by Gasteiger charge is -2.30. The molecule has 0 unspecified atom stereocenters. The van der Waals surface area contributed by atoms with Gasteiger partial charge in [0, 0.05) is 57.7 Å². The molecule has 0 saturated heterocycles. The molecule has 6 aromatic rings. The second-order valence-electron chi connectivity index (χ2n) is 23.7. The molecule has 23 nitrogen and oxygen atoms in total. The number of sulfonamides is 1. The minimum absolute atomic E-state index is 0.155. The third-order valence-corrected chi connectivity index (χ3v) is 19.1. The van der Waals surface area contributed by atoms with Crippen LogP contribution in [-0.4, -0.2) is 109 Å².